The molecule has 7 heteroatoms. The van der Waals surface area contributed by atoms with Crippen LogP contribution in [0, 0.1) is 11.7 Å². The molecule has 6 nitrogen and oxygen atoms in total. The number of piperidine rings is 1. The molecule has 1 aromatic rings. The second-order valence-corrected chi connectivity index (χ2v) is 8.96. The van der Waals surface area contributed by atoms with Crippen molar-refractivity contribution in [2.24, 2.45) is 5.92 Å². The van der Waals surface area contributed by atoms with Gasteiger partial charge in [0.2, 0.25) is 5.91 Å². The molecule has 1 amide bonds. The Labute approximate surface area is 167 Å². The smallest absolute Gasteiger partial charge is 0.240 e. The lowest BCUT2D eigenvalue weighted by molar-refractivity contribution is -0.134. The maximum absolute atomic E-state index is 14.8. The second kappa shape index (κ2) is 7.93. The number of hydrogen-bond donors (Lipinski definition) is 0. The number of halogens is 1. The Hall–Kier alpha value is -1.76. The highest BCUT2D eigenvalue weighted by molar-refractivity contribution is 5.84. The molecule has 1 atom stereocenters. The van der Waals surface area contributed by atoms with Gasteiger partial charge in [0.1, 0.15) is 6.33 Å². The van der Waals surface area contributed by atoms with Gasteiger partial charge in [0.25, 0.3) is 0 Å². The number of rotatable bonds is 6. The number of hydrogen-bond acceptors (Lipinski definition) is 5. The van der Waals surface area contributed by atoms with E-state index in [-0.39, 0.29) is 23.8 Å². The summed E-state index contributed by atoms with van der Waals surface area (Å²) in [5, 5.41) is 0. The number of aromatic nitrogens is 2. The van der Waals surface area contributed by atoms with Crippen LogP contribution < -0.4 is 4.90 Å². The summed E-state index contributed by atoms with van der Waals surface area (Å²) in [5.41, 5.74) is 0.584. The van der Waals surface area contributed by atoms with Crippen LogP contribution in [0.4, 0.5) is 10.2 Å². The molecule has 2 aliphatic heterocycles. The predicted octanol–water partition coefficient (Wildman–Crippen LogP) is 2.65. The summed E-state index contributed by atoms with van der Waals surface area (Å²) < 4.78 is 14.8. The molecule has 0 aromatic carbocycles. The van der Waals surface area contributed by atoms with Gasteiger partial charge >= 0.3 is 0 Å². The SMILES string of the molecule is CC(C)N1CCC(N2CCC(CN(C)c3ncnc(C4CC4)c3F)CC2)C1=O. The number of likely N-dealkylation sites (tertiary alicyclic amines) is 2. The summed E-state index contributed by atoms with van der Waals surface area (Å²) in [7, 11) is 1.93. The van der Waals surface area contributed by atoms with E-state index in [0.717, 1.165) is 58.3 Å². The van der Waals surface area contributed by atoms with Crippen LogP contribution in [0.5, 0.6) is 0 Å². The molecule has 1 saturated carbocycles. The molecule has 3 fully saturated rings. The van der Waals surface area contributed by atoms with Crippen molar-refractivity contribution < 1.29 is 9.18 Å². The average molecular weight is 390 g/mol. The number of carbonyl (C=O) groups is 1. The van der Waals surface area contributed by atoms with E-state index in [9.17, 15) is 9.18 Å². The molecule has 2 saturated heterocycles. The second-order valence-electron chi connectivity index (χ2n) is 8.96. The van der Waals surface area contributed by atoms with E-state index in [2.05, 4.69) is 28.7 Å². The third-order valence-corrected chi connectivity index (χ3v) is 6.58. The van der Waals surface area contributed by atoms with Crippen LogP contribution >= 0.6 is 0 Å². The highest BCUT2D eigenvalue weighted by atomic mass is 19.1. The van der Waals surface area contributed by atoms with Crippen LogP contribution in [0.25, 0.3) is 0 Å². The van der Waals surface area contributed by atoms with Gasteiger partial charge in [-0.25, -0.2) is 14.4 Å². The lowest BCUT2D eigenvalue weighted by Crippen LogP contribution is -2.47. The molecule has 0 radical (unpaired) electrons. The van der Waals surface area contributed by atoms with Gasteiger partial charge in [0.05, 0.1) is 11.7 Å². The summed E-state index contributed by atoms with van der Waals surface area (Å²) in [6.07, 6.45) is 6.58. The van der Waals surface area contributed by atoms with E-state index in [1.54, 1.807) is 0 Å². The van der Waals surface area contributed by atoms with E-state index in [0.29, 0.717) is 23.3 Å². The summed E-state index contributed by atoms with van der Waals surface area (Å²) in [6.45, 7) is 7.73. The minimum absolute atomic E-state index is 0.0569. The molecule has 3 aliphatic rings. The van der Waals surface area contributed by atoms with Gasteiger partial charge in [-0.1, -0.05) is 0 Å². The van der Waals surface area contributed by atoms with E-state index < -0.39 is 0 Å². The molecular formula is C21H32FN5O. The quantitative estimate of drug-likeness (QED) is 0.749. The van der Waals surface area contributed by atoms with Crippen LogP contribution in [0.1, 0.15) is 57.6 Å². The topological polar surface area (TPSA) is 52.6 Å². The van der Waals surface area contributed by atoms with E-state index in [4.69, 9.17) is 0 Å². The van der Waals surface area contributed by atoms with Gasteiger partial charge in [-0.2, -0.15) is 0 Å². The van der Waals surface area contributed by atoms with Crippen molar-refractivity contribution in [2.75, 3.05) is 38.1 Å². The largest absolute Gasteiger partial charge is 0.357 e. The molecule has 28 heavy (non-hydrogen) atoms. The van der Waals surface area contributed by atoms with Crippen molar-refractivity contribution in [1.29, 1.82) is 0 Å². The predicted molar refractivity (Wildman–Crippen MR) is 107 cm³/mol. The van der Waals surface area contributed by atoms with E-state index >= 15 is 0 Å². The van der Waals surface area contributed by atoms with Crippen LogP contribution in [-0.4, -0.2) is 71.0 Å². The van der Waals surface area contributed by atoms with Crippen LogP contribution in [-0.2, 0) is 4.79 Å². The molecule has 4 rings (SSSR count). The van der Waals surface area contributed by atoms with Crippen LogP contribution in [0.2, 0.25) is 0 Å². The number of nitrogens with zero attached hydrogens (tertiary/aromatic N) is 5. The first-order chi connectivity index (χ1) is 13.5. The molecular weight excluding hydrogens is 357 g/mol. The summed E-state index contributed by atoms with van der Waals surface area (Å²) in [5.74, 6) is 1.26. The Kier molecular flexibility index (Phi) is 5.54. The number of amides is 1. The van der Waals surface area contributed by atoms with Gasteiger partial charge in [-0.3, -0.25) is 9.69 Å². The third kappa shape index (κ3) is 3.86. The molecule has 0 spiro atoms. The first-order valence-electron chi connectivity index (χ1n) is 10.7. The Morgan fingerprint density at radius 3 is 2.46 bits per heavy atom. The normalized spacial score (nSPS) is 24.4. The fourth-order valence-electron chi connectivity index (χ4n) is 4.74. The maximum Gasteiger partial charge on any atom is 0.240 e. The fraction of sp³-hybridized carbons (Fsp3) is 0.762. The third-order valence-electron chi connectivity index (χ3n) is 6.58. The van der Waals surface area contributed by atoms with Crippen molar-refractivity contribution in [3.8, 4) is 0 Å². The highest BCUT2D eigenvalue weighted by Gasteiger charge is 2.38. The van der Waals surface area contributed by atoms with Crippen LogP contribution in [0.3, 0.4) is 0 Å². The van der Waals surface area contributed by atoms with Crippen LogP contribution in [0.15, 0.2) is 6.33 Å². The standard InChI is InChI=1S/C21H32FN5O/c1-14(2)27-11-8-17(21(27)28)26-9-6-15(7-10-26)12-25(3)20-18(22)19(16-4-5-16)23-13-24-20/h13-17H,4-12H2,1-3H3. The summed E-state index contributed by atoms with van der Waals surface area (Å²) in [4.78, 5) is 27.3. The van der Waals surface area contributed by atoms with E-state index in [1.807, 2.05) is 16.8 Å². The molecule has 154 valence electrons. The van der Waals surface area contributed by atoms with Gasteiger partial charge < -0.3 is 9.80 Å². The Morgan fingerprint density at radius 2 is 1.86 bits per heavy atom. The lowest BCUT2D eigenvalue weighted by Gasteiger charge is -2.36. The number of carbonyl (C=O) groups excluding carboxylic acids is 1. The van der Waals surface area contributed by atoms with Crippen molar-refractivity contribution >= 4 is 11.7 Å². The zero-order valence-electron chi connectivity index (χ0n) is 17.3. The summed E-state index contributed by atoms with van der Waals surface area (Å²) >= 11 is 0. The first-order valence-corrected chi connectivity index (χ1v) is 10.7. The van der Waals surface area contributed by atoms with Gasteiger partial charge in [-0.05, 0) is 65.0 Å². The van der Waals surface area contributed by atoms with Crippen molar-refractivity contribution in [1.82, 2.24) is 19.8 Å². The summed E-state index contributed by atoms with van der Waals surface area (Å²) in [6, 6.07) is 0.341. The van der Waals surface area contributed by atoms with Crippen molar-refractivity contribution in [3.05, 3.63) is 17.8 Å². The van der Waals surface area contributed by atoms with Crippen molar-refractivity contribution in [2.45, 2.75) is 64.0 Å². The fourth-order valence-corrected chi connectivity index (χ4v) is 4.74. The van der Waals surface area contributed by atoms with E-state index in [1.165, 1.54) is 6.33 Å². The zero-order chi connectivity index (χ0) is 19.8. The number of anilines is 1. The van der Waals surface area contributed by atoms with Gasteiger partial charge in [-0.15, -0.1) is 0 Å². The Morgan fingerprint density at radius 1 is 1.14 bits per heavy atom. The minimum atomic E-state index is -0.240. The van der Waals surface area contributed by atoms with Gasteiger partial charge in [0.15, 0.2) is 11.6 Å². The Balaban J connectivity index is 1.31. The monoisotopic (exact) mass is 389 g/mol. The Bertz CT molecular complexity index is 715. The van der Waals surface area contributed by atoms with Crippen molar-refractivity contribution in [3.63, 3.8) is 0 Å². The maximum atomic E-state index is 14.8. The van der Waals surface area contributed by atoms with Gasteiger partial charge in [0, 0.05) is 32.1 Å². The zero-order valence-corrected chi connectivity index (χ0v) is 17.3. The molecule has 1 unspecified atom stereocenters. The average Bonchev–Trinajstić information content (AvgIpc) is 3.44. The molecule has 1 aliphatic carbocycles. The molecule has 3 heterocycles. The molecule has 0 N–H and O–H groups in total. The lowest BCUT2D eigenvalue weighted by atomic mass is 9.95. The molecule has 1 aromatic heterocycles. The minimum Gasteiger partial charge on any atom is -0.357 e. The molecule has 0 bridgehead atoms. The highest BCUT2D eigenvalue weighted by Crippen LogP contribution is 2.41. The first kappa shape index (κ1) is 19.6.